The average molecular weight is 171 g/mol. The summed E-state index contributed by atoms with van der Waals surface area (Å²) in [6.07, 6.45) is 1.12. The van der Waals surface area contributed by atoms with Crippen molar-refractivity contribution in [2.45, 2.75) is 0 Å². The smallest absolute Gasteiger partial charge is 0.330 e. The molecule has 0 rings (SSSR count). The normalized spacial score (nSPS) is 8.42. The van der Waals surface area contributed by atoms with Crippen LogP contribution in [0.4, 0.5) is 0 Å². The van der Waals surface area contributed by atoms with E-state index in [4.69, 9.17) is 4.74 Å². The maximum Gasteiger partial charge on any atom is 0.330 e. The minimum Gasteiger partial charge on any atom is -0.483 e. The Morgan fingerprint density at radius 3 is 2.83 bits per heavy atom. The van der Waals surface area contributed by atoms with Gasteiger partial charge in [-0.25, -0.2) is 4.79 Å². The molecule has 0 radical (unpaired) electrons. The van der Waals surface area contributed by atoms with E-state index in [0.29, 0.717) is 12.4 Å². The number of nitrogens with one attached hydrogen (secondary N) is 1. The van der Waals surface area contributed by atoms with Crippen LogP contribution in [-0.4, -0.2) is 26.2 Å². The SMILES string of the molecule is C=CC(=O)OCCNC(=C)OC. The summed E-state index contributed by atoms with van der Waals surface area (Å²) in [5, 5.41) is 2.78. The summed E-state index contributed by atoms with van der Waals surface area (Å²) in [4.78, 5) is 10.5. The van der Waals surface area contributed by atoms with Crippen LogP contribution in [0.2, 0.25) is 0 Å². The second kappa shape index (κ2) is 6.27. The molecule has 0 amide bonds. The van der Waals surface area contributed by atoms with E-state index < -0.39 is 5.97 Å². The van der Waals surface area contributed by atoms with Gasteiger partial charge in [-0.05, 0) is 6.58 Å². The third-order valence-electron chi connectivity index (χ3n) is 1.08. The third-order valence-corrected chi connectivity index (χ3v) is 1.08. The number of carbonyl (C=O) groups is 1. The number of hydrogen-bond acceptors (Lipinski definition) is 4. The predicted molar refractivity (Wildman–Crippen MR) is 45.3 cm³/mol. The standard InChI is InChI=1S/C8H13NO3/c1-4-8(10)12-6-5-9-7(2)11-3/h4,9H,1-2,5-6H2,3H3. The van der Waals surface area contributed by atoms with E-state index in [1.54, 1.807) is 0 Å². The van der Waals surface area contributed by atoms with Crippen LogP contribution in [0.15, 0.2) is 25.1 Å². The molecule has 0 aromatic heterocycles. The van der Waals surface area contributed by atoms with Gasteiger partial charge in [-0.3, -0.25) is 0 Å². The number of carbonyl (C=O) groups excluding carboxylic acids is 1. The lowest BCUT2D eigenvalue weighted by Gasteiger charge is -2.06. The van der Waals surface area contributed by atoms with Crippen LogP contribution in [0.1, 0.15) is 0 Å². The first-order chi connectivity index (χ1) is 5.70. The van der Waals surface area contributed by atoms with E-state index >= 15 is 0 Å². The first-order valence-electron chi connectivity index (χ1n) is 3.46. The molecule has 1 N–H and O–H groups in total. The fourth-order valence-corrected chi connectivity index (χ4v) is 0.473. The maximum absolute atomic E-state index is 10.5. The van der Waals surface area contributed by atoms with Crippen LogP contribution < -0.4 is 5.32 Å². The van der Waals surface area contributed by atoms with Crippen molar-refractivity contribution in [2.24, 2.45) is 0 Å². The summed E-state index contributed by atoms with van der Waals surface area (Å²) in [5.74, 6) is 0.0180. The molecular formula is C8H13NO3. The Kier molecular flexibility index (Phi) is 5.51. The summed E-state index contributed by atoms with van der Waals surface area (Å²) in [6.45, 7) is 7.52. The molecule has 0 unspecified atom stereocenters. The molecule has 0 heterocycles. The highest BCUT2D eigenvalue weighted by Gasteiger charge is 1.94. The number of rotatable bonds is 6. The highest BCUT2D eigenvalue weighted by atomic mass is 16.5. The van der Waals surface area contributed by atoms with E-state index in [2.05, 4.69) is 23.2 Å². The molecule has 68 valence electrons. The van der Waals surface area contributed by atoms with Crippen molar-refractivity contribution in [2.75, 3.05) is 20.3 Å². The molecule has 0 aliphatic heterocycles. The number of methoxy groups -OCH3 is 1. The highest BCUT2D eigenvalue weighted by molar-refractivity contribution is 5.81. The lowest BCUT2D eigenvalue weighted by atomic mass is 10.6. The van der Waals surface area contributed by atoms with E-state index in [0.717, 1.165) is 6.08 Å². The molecule has 0 saturated heterocycles. The zero-order valence-electron chi connectivity index (χ0n) is 7.13. The monoisotopic (exact) mass is 171 g/mol. The van der Waals surface area contributed by atoms with Crippen LogP contribution in [0.5, 0.6) is 0 Å². The molecule has 0 aromatic carbocycles. The van der Waals surface area contributed by atoms with Crippen molar-refractivity contribution < 1.29 is 14.3 Å². The lowest BCUT2D eigenvalue weighted by molar-refractivity contribution is -0.137. The van der Waals surface area contributed by atoms with Gasteiger partial charge in [0.1, 0.15) is 6.61 Å². The lowest BCUT2D eigenvalue weighted by Crippen LogP contribution is -2.20. The van der Waals surface area contributed by atoms with Gasteiger partial charge >= 0.3 is 5.97 Å². The second-order valence-electron chi connectivity index (χ2n) is 1.93. The zero-order chi connectivity index (χ0) is 9.40. The van der Waals surface area contributed by atoms with Crippen LogP contribution >= 0.6 is 0 Å². The molecule has 4 heteroatoms. The number of esters is 1. The molecule has 0 aromatic rings. The summed E-state index contributed by atoms with van der Waals surface area (Å²) < 4.78 is 9.39. The summed E-state index contributed by atoms with van der Waals surface area (Å²) in [6, 6.07) is 0. The minimum atomic E-state index is -0.431. The average Bonchev–Trinajstić information content (AvgIpc) is 2.11. The van der Waals surface area contributed by atoms with Crippen molar-refractivity contribution in [3.8, 4) is 0 Å². The molecule has 0 saturated carbocycles. The number of hydrogen-bond donors (Lipinski definition) is 1. The first kappa shape index (κ1) is 10.6. The second-order valence-corrected chi connectivity index (χ2v) is 1.93. The quantitative estimate of drug-likeness (QED) is 0.272. The van der Waals surface area contributed by atoms with Gasteiger partial charge in [0.05, 0.1) is 13.7 Å². The molecule has 0 fully saturated rings. The molecule has 4 nitrogen and oxygen atoms in total. The van der Waals surface area contributed by atoms with Gasteiger partial charge in [-0.15, -0.1) is 0 Å². The van der Waals surface area contributed by atoms with Crippen molar-refractivity contribution in [3.05, 3.63) is 25.1 Å². The van der Waals surface area contributed by atoms with Gasteiger partial charge < -0.3 is 14.8 Å². The van der Waals surface area contributed by atoms with E-state index in [1.807, 2.05) is 0 Å². The minimum absolute atomic E-state index is 0.271. The van der Waals surface area contributed by atoms with Crippen LogP contribution in [0, 0.1) is 0 Å². The summed E-state index contributed by atoms with van der Waals surface area (Å²) in [5.41, 5.74) is 0. The topological polar surface area (TPSA) is 47.6 Å². The fourth-order valence-electron chi connectivity index (χ4n) is 0.473. The Bertz CT molecular complexity index is 177. The zero-order valence-corrected chi connectivity index (χ0v) is 7.13. The Morgan fingerprint density at radius 2 is 2.33 bits per heavy atom. The molecular weight excluding hydrogens is 158 g/mol. The van der Waals surface area contributed by atoms with Crippen molar-refractivity contribution >= 4 is 5.97 Å². The van der Waals surface area contributed by atoms with Gasteiger partial charge in [0, 0.05) is 6.08 Å². The van der Waals surface area contributed by atoms with Gasteiger partial charge in [0.25, 0.3) is 0 Å². The largest absolute Gasteiger partial charge is 0.483 e. The maximum atomic E-state index is 10.5. The van der Waals surface area contributed by atoms with Gasteiger partial charge in [-0.1, -0.05) is 6.58 Å². The Hall–Kier alpha value is -1.45. The molecule has 0 bridgehead atoms. The van der Waals surface area contributed by atoms with Gasteiger partial charge in [-0.2, -0.15) is 0 Å². The number of ether oxygens (including phenoxy) is 2. The van der Waals surface area contributed by atoms with Crippen molar-refractivity contribution in [3.63, 3.8) is 0 Å². The third kappa shape index (κ3) is 5.34. The fraction of sp³-hybridized carbons (Fsp3) is 0.375. The van der Waals surface area contributed by atoms with E-state index in [-0.39, 0.29) is 6.61 Å². The van der Waals surface area contributed by atoms with Crippen molar-refractivity contribution in [1.82, 2.24) is 5.32 Å². The van der Waals surface area contributed by atoms with Crippen LogP contribution in [0.3, 0.4) is 0 Å². The molecule has 0 spiro atoms. The Labute approximate surface area is 71.9 Å². The predicted octanol–water partition coefficient (Wildman–Crippen LogP) is 0.423. The van der Waals surface area contributed by atoms with E-state index in [1.165, 1.54) is 7.11 Å². The van der Waals surface area contributed by atoms with Gasteiger partial charge in [0.15, 0.2) is 5.88 Å². The van der Waals surface area contributed by atoms with Crippen molar-refractivity contribution in [1.29, 1.82) is 0 Å². The molecule has 0 aliphatic carbocycles. The molecule has 0 atom stereocenters. The van der Waals surface area contributed by atoms with E-state index in [9.17, 15) is 4.79 Å². The first-order valence-corrected chi connectivity index (χ1v) is 3.46. The summed E-state index contributed by atoms with van der Waals surface area (Å²) >= 11 is 0. The molecule has 12 heavy (non-hydrogen) atoms. The van der Waals surface area contributed by atoms with Crippen LogP contribution in [0.25, 0.3) is 0 Å². The Balaban J connectivity index is 3.27. The van der Waals surface area contributed by atoms with Crippen LogP contribution in [-0.2, 0) is 14.3 Å². The Morgan fingerprint density at radius 1 is 1.67 bits per heavy atom. The highest BCUT2D eigenvalue weighted by Crippen LogP contribution is 1.83. The molecule has 0 aliphatic rings. The summed E-state index contributed by atoms with van der Waals surface area (Å²) in [7, 11) is 1.51. The van der Waals surface area contributed by atoms with Gasteiger partial charge in [0.2, 0.25) is 0 Å².